The highest BCUT2D eigenvalue weighted by molar-refractivity contribution is 5.60. The summed E-state index contributed by atoms with van der Waals surface area (Å²) in [6.07, 6.45) is 2.52. The first-order valence-electron chi connectivity index (χ1n) is 3.60. The van der Waals surface area contributed by atoms with Gasteiger partial charge in [0.2, 0.25) is 0 Å². The fourth-order valence-electron chi connectivity index (χ4n) is 0.882. The minimum Gasteiger partial charge on any atom is -0.324 e. The Bertz CT molecular complexity index is 236. The van der Waals surface area contributed by atoms with Crippen molar-refractivity contribution in [1.82, 2.24) is 0 Å². The predicted octanol–water partition coefficient (Wildman–Crippen LogP) is 1.48. The Hall–Kier alpha value is -1.31. The lowest BCUT2D eigenvalue weighted by Gasteiger charge is -1.95. The summed E-state index contributed by atoms with van der Waals surface area (Å²) in [6.45, 7) is 2.07. The number of aryl methyl sites for hydroxylation is 1. The van der Waals surface area contributed by atoms with E-state index in [0.29, 0.717) is 0 Å². The van der Waals surface area contributed by atoms with E-state index in [0.717, 1.165) is 6.42 Å². The van der Waals surface area contributed by atoms with Gasteiger partial charge in [-0.3, -0.25) is 0 Å². The van der Waals surface area contributed by atoms with Gasteiger partial charge in [-0.15, -0.1) is 0 Å². The van der Waals surface area contributed by atoms with Gasteiger partial charge in [-0.2, -0.15) is 5.10 Å². The molecular weight excluding hydrogens is 136 g/mol. The van der Waals surface area contributed by atoms with Crippen molar-refractivity contribution in [3.8, 4) is 0 Å². The normalized spacial score (nSPS) is 10.6. The first-order valence-corrected chi connectivity index (χ1v) is 3.60. The maximum atomic E-state index is 4.98. The molecule has 0 saturated carbocycles. The molecule has 1 aromatic rings. The Morgan fingerprint density at radius 1 is 1.36 bits per heavy atom. The van der Waals surface area contributed by atoms with Crippen molar-refractivity contribution >= 4 is 6.21 Å². The molecule has 0 aliphatic carbocycles. The lowest BCUT2D eigenvalue weighted by Crippen LogP contribution is -1.89. The molecule has 0 aliphatic heterocycles. The summed E-state index contributed by atoms with van der Waals surface area (Å²) < 4.78 is 0. The SMILES string of the molecule is Cc1ccc(C/C=N/N)cc1. The van der Waals surface area contributed by atoms with Crippen LogP contribution >= 0.6 is 0 Å². The van der Waals surface area contributed by atoms with E-state index in [1.54, 1.807) is 6.21 Å². The van der Waals surface area contributed by atoms with E-state index in [4.69, 9.17) is 5.84 Å². The monoisotopic (exact) mass is 148 g/mol. The topological polar surface area (TPSA) is 38.4 Å². The molecule has 0 amide bonds. The van der Waals surface area contributed by atoms with Gasteiger partial charge in [0.25, 0.3) is 0 Å². The molecule has 2 heteroatoms. The molecule has 11 heavy (non-hydrogen) atoms. The molecule has 0 saturated heterocycles. The molecule has 0 aromatic heterocycles. The third kappa shape index (κ3) is 2.42. The van der Waals surface area contributed by atoms with Gasteiger partial charge in [0.1, 0.15) is 0 Å². The minimum atomic E-state index is 0.816. The highest BCUT2D eigenvalue weighted by atomic mass is 15.1. The largest absolute Gasteiger partial charge is 0.324 e. The molecule has 0 atom stereocenters. The smallest absolute Gasteiger partial charge is 0.0284 e. The molecule has 0 radical (unpaired) electrons. The van der Waals surface area contributed by atoms with Crippen molar-refractivity contribution in [1.29, 1.82) is 0 Å². The van der Waals surface area contributed by atoms with Crippen LogP contribution in [0.2, 0.25) is 0 Å². The molecule has 0 spiro atoms. The minimum absolute atomic E-state index is 0.816. The summed E-state index contributed by atoms with van der Waals surface area (Å²) in [6, 6.07) is 8.33. The number of nitrogens with two attached hydrogens (primary N) is 1. The Labute approximate surface area is 66.7 Å². The van der Waals surface area contributed by atoms with Crippen LogP contribution in [0, 0.1) is 6.92 Å². The van der Waals surface area contributed by atoms with Crippen LogP contribution in [0.5, 0.6) is 0 Å². The zero-order valence-corrected chi connectivity index (χ0v) is 6.62. The maximum absolute atomic E-state index is 4.98. The Balaban J connectivity index is 2.66. The number of hydrogen-bond donors (Lipinski definition) is 1. The van der Waals surface area contributed by atoms with Gasteiger partial charge >= 0.3 is 0 Å². The van der Waals surface area contributed by atoms with Crippen LogP contribution in [-0.4, -0.2) is 6.21 Å². The van der Waals surface area contributed by atoms with E-state index < -0.39 is 0 Å². The highest BCUT2D eigenvalue weighted by Crippen LogP contribution is 2.02. The standard InChI is InChI=1S/C9H12N2/c1-8-2-4-9(5-3-8)6-7-11-10/h2-5,7H,6,10H2,1H3/b11-7+. The summed E-state index contributed by atoms with van der Waals surface area (Å²) in [4.78, 5) is 0. The Morgan fingerprint density at radius 3 is 2.55 bits per heavy atom. The molecule has 1 aromatic carbocycles. The van der Waals surface area contributed by atoms with Gasteiger partial charge in [-0.05, 0) is 12.5 Å². The van der Waals surface area contributed by atoms with E-state index in [-0.39, 0.29) is 0 Å². The van der Waals surface area contributed by atoms with E-state index in [9.17, 15) is 0 Å². The average molecular weight is 148 g/mol. The van der Waals surface area contributed by atoms with Gasteiger partial charge in [0.05, 0.1) is 0 Å². The zero-order chi connectivity index (χ0) is 8.10. The predicted molar refractivity (Wildman–Crippen MR) is 47.6 cm³/mol. The van der Waals surface area contributed by atoms with E-state index in [1.807, 2.05) is 0 Å². The van der Waals surface area contributed by atoms with Gasteiger partial charge in [-0.25, -0.2) is 0 Å². The van der Waals surface area contributed by atoms with Crippen molar-refractivity contribution in [2.45, 2.75) is 13.3 Å². The molecule has 2 N–H and O–H groups in total. The van der Waals surface area contributed by atoms with Gasteiger partial charge in [-0.1, -0.05) is 29.8 Å². The highest BCUT2D eigenvalue weighted by Gasteiger charge is 1.87. The Kier molecular flexibility index (Phi) is 2.66. The molecule has 58 valence electrons. The number of nitrogens with zero attached hydrogens (tertiary/aromatic N) is 1. The lowest BCUT2D eigenvalue weighted by atomic mass is 10.1. The number of benzene rings is 1. The van der Waals surface area contributed by atoms with Crippen LogP contribution in [0.1, 0.15) is 11.1 Å². The quantitative estimate of drug-likeness (QED) is 0.385. The van der Waals surface area contributed by atoms with Crippen LogP contribution in [0.15, 0.2) is 29.4 Å². The van der Waals surface area contributed by atoms with E-state index in [1.165, 1.54) is 11.1 Å². The van der Waals surface area contributed by atoms with Gasteiger partial charge in [0.15, 0.2) is 0 Å². The van der Waals surface area contributed by atoms with Gasteiger partial charge in [0, 0.05) is 12.6 Å². The third-order valence-corrected chi connectivity index (χ3v) is 1.55. The summed E-state index contributed by atoms with van der Waals surface area (Å²) >= 11 is 0. The molecule has 0 aliphatic rings. The van der Waals surface area contributed by atoms with E-state index >= 15 is 0 Å². The van der Waals surface area contributed by atoms with Crippen LogP contribution in [-0.2, 0) is 6.42 Å². The second kappa shape index (κ2) is 3.76. The van der Waals surface area contributed by atoms with Crippen molar-refractivity contribution in [3.63, 3.8) is 0 Å². The van der Waals surface area contributed by atoms with Crippen LogP contribution in [0.4, 0.5) is 0 Å². The van der Waals surface area contributed by atoms with Crippen molar-refractivity contribution in [2.75, 3.05) is 0 Å². The molecule has 0 fully saturated rings. The summed E-state index contributed by atoms with van der Waals surface area (Å²) in [5, 5.41) is 3.43. The molecule has 0 unspecified atom stereocenters. The molecule has 0 heterocycles. The first-order chi connectivity index (χ1) is 5.33. The third-order valence-electron chi connectivity index (χ3n) is 1.55. The summed E-state index contributed by atoms with van der Waals surface area (Å²) in [7, 11) is 0. The van der Waals surface area contributed by atoms with Crippen molar-refractivity contribution in [3.05, 3.63) is 35.4 Å². The molecule has 0 bridgehead atoms. The van der Waals surface area contributed by atoms with E-state index in [2.05, 4.69) is 36.3 Å². The Morgan fingerprint density at radius 2 is 2.00 bits per heavy atom. The van der Waals surface area contributed by atoms with Gasteiger partial charge < -0.3 is 5.84 Å². The number of rotatable bonds is 2. The zero-order valence-electron chi connectivity index (χ0n) is 6.62. The van der Waals surface area contributed by atoms with Crippen molar-refractivity contribution in [2.24, 2.45) is 10.9 Å². The fraction of sp³-hybridized carbons (Fsp3) is 0.222. The van der Waals surface area contributed by atoms with Crippen LogP contribution in [0.3, 0.4) is 0 Å². The number of hydrogen-bond acceptors (Lipinski definition) is 2. The molecule has 1 rings (SSSR count). The fourth-order valence-corrected chi connectivity index (χ4v) is 0.882. The number of hydrazone groups is 1. The van der Waals surface area contributed by atoms with Crippen molar-refractivity contribution < 1.29 is 0 Å². The second-order valence-corrected chi connectivity index (χ2v) is 2.52. The van der Waals surface area contributed by atoms with Crippen LogP contribution in [0.25, 0.3) is 0 Å². The first kappa shape index (κ1) is 7.79. The maximum Gasteiger partial charge on any atom is 0.0284 e. The molecule has 2 nitrogen and oxygen atoms in total. The summed E-state index contributed by atoms with van der Waals surface area (Å²) in [5.74, 6) is 4.98. The van der Waals surface area contributed by atoms with Crippen LogP contribution < -0.4 is 5.84 Å². The lowest BCUT2D eigenvalue weighted by molar-refractivity contribution is 1.22. The molecular formula is C9H12N2. The summed E-state index contributed by atoms with van der Waals surface area (Å²) in [5.41, 5.74) is 2.52. The second-order valence-electron chi connectivity index (χ2n) is 2.52. The average Bonchev–Trinajstić information content (AvgIpc) is 2.04.